The maximum absolute atomic E-state index is 13.8. The summed E-state index contributed by atoms with van der Waals surface area (Å²) in [5.41, 5.74) is 4.13. The zero-order chi connectivity index (χ0) is 26.1. The Labute approximate surface area is 213 Å². The van der Waals surface area contributed by atoms with Crippen LogP contribution in [0, 0.1) is 18.3 Å². The van der Waals surface area contributed by atoms with Gasteiger partial charge in [-0.2, -0.15) is 10.3 Å². The van der Waals surface area contributed by atoms with Gasteiger partial charge in [-0.1, -0.05) is 74.1 Å². The standard InChI is InChI=1S/C29H33N5O2/c1-6-24-22(4)34(20-23-15-9-8-10-16-23)27(32-28(24)36-31-5)26(7-2)33(19-13-18-30)29(35)25-17-12-11-14-21(25)3/h8-12,14-17,26H,4-7,13,19-20H2,1-3H3. The van der Waals surface area contributed by atoms with Crippen LogP contribution in [0.15, 0.2) is 88.5 Å². The number of carbonyl (C=O) groups is 1. The lowest BCUT2D eigenvalue weighted by atomic mass is 10.0. The van der Waals surface area contributed by atoms with Crippen LogP contribution in [0.4, 0.5) is 0 Å². The summed E-state index contributed by atoms with van der Waals surface area (Å²) < 4.78 is 0. The zero-order valence-electron chi connectivity index (χ0n) is 21.3. The Balaban J connectivity index is 2.14. The molecule has 0 aromatic heterocycles. The minimum absolute atomic E-state index is 0.141. The third-order valence-electron chi connectivity index (χ3n) is 6.27. The molecule has 1 aliphatic heterocycles. The van der Waals surface area contributed by atoms with Gasteiger partial charge >= 0.3 is 0 Å². The third kappa shape index (κ3) is 5.72. The topological polar surface area (TPSA) is 81.3 Å². The molecule has 0 N–H and O–H groups in total. The second-order valence-corrected chi connectivity index (χ2v) is 8.49. The van der Waals surface area contributed by atoms with Gasteiger partial charge in [-0.05, 0) is 37.0 Å². The van der Waals surface area contributed by atoms with Crippen LogP contribution in [-0.4, -0.2) is 40.8 Å². The summed E-state index contributed by atoms with van der Waals surface area (Å²) in [7, 11) is 0. The summed E-state index contributed by atoms with van der Waals surface area (Å²) in [5, 5.41) is 13.0. The minimum Gasteiger partial charge on any atom is -0.337 e. The van der Waals surface area contributed by atoms with Crippen molar-refractivity contribution >= 4 is 18.5 Å². The van der Waals surface area contributed by atoms with Crippen LogP contribution in [0.5, 0.6) is 0 Å². The molecule has 1 atom stereocenters. The number of aryl methyl sites for hydroxylation is 1. The predicted molar refractivity (Wildman–Crippen MR) is 143 cm³/mol. The first-order chi connectivity index (χ1) is 17.5. The van der Waals surface area contributed by atoms with E-state index in [1.165, 1.54) is 0 Å². The number of hydrogen-bond acceptors (Lipinski definition) is 6. The molecular formula is C29H33N5O2. The lowest BCUT2D eigenvalue weighted by Crippen LogP contribution is -2.51. The number of benzene rings is 2. The normalized spacial score (nSPS) is 14.1. The van der Waals surface area contributed by atoms with E-state index in [-0.39, 0.29) is 18.9 Å². The Hall–Kier alpha value is -4.18. The maximum atomic E-state index is 13.8. The first kappa shape index (κ1) is 26.4. The maximum Gasteiger partial charge on any atom is 0.255 e. The summed E-state index contributed by atoms with van der Waals surface area (Å²) in [6, 6.07) is 19.3. The van der Waals surface area contributed by atoms with E-state index in [4.69, 9.17) is 9.83 Å². The molecule has 0 fully saturated rings. The van der Waals surface area contributed by atoms with Gasteiger partial charge < -0.3 is 14.6 Å². The number of carbonyl (C=O) groups excluding carboxylic acids is 1. The van der Waals surface area contributed by atoms with Crippen molar-refractivity contribution in [2.75, 3.05) is 6.54 Å². The average molecular weight is 484 g/mol. The molecule has 186 valence electrons. The van der Waals surface area contributed by atoms with Crippen molar-refractivity contribution in [3.8, 4) is 6.07 Å². The second-order valence-electron chi connectivity index (χ2n) is 8.49. The zero-order valence-corrected chi connectivity index (χ0v) is 21.3. The molecule has 3 rings (SSSR count). The fourth-order valence-corrected chi connectivity index (χ4v) is 4.42. The van der Waals surface area contributed by atoms with Gasteiger partial charge in [0.05, 0.1) is 18.5 Å². The molecule has 0 spiro atoms. The lowest BCUT2D eigenvalue weighted by molar-refractivity contribution is 0.0716. The Kier molecular flexibility index (Phi) is 9.18. The summed E-state index contributed by atoms with van der Waals surface area (Å²) in [5.74, 6) is 0.818. The van der Waals surface area contributed by atoms with Crippen molar-refractivity contribution in [3.63, 3.8) is 0 Å². The summed E-state index contributed by atoms with van der Waals surface area (Å²) in [6.45, 7) is 14.6. The molecule has 0 aliphatic carbocycles. The van der Waals surface area contributed by atoms with Crippen LogP contribution in [0.3, 0.4) is 0 Å². The van der Waals surface area contributed by atoms with E-state index < -0.39 is 6.04 Å². The van der Waals surface area contributed by atoms with Crippen LogP contribution < -0.4 is 0 Å². The fourth-order valence-electron chi connectivity index (χ4n) is 4.42. The van der Waals surface area contributed by atoms with Gasteiger partial charge in [0.2, 0.25) is 0 Å². The van der Waals surface area contributed by atoms with Crippen LogP contribution in [0.25, 0.3) is 0 Å². The van der Waals surface area contributed by atoms with E-state index >= 15 is 0 Å². The fraction of sp³-hybridized carbons (Fsp3) is 0.310. The highest BCUT2D eigenvalue weighted by Gasteiger charge is 2.36. The van der Waals surface area contributed by atoms with Crippen molar-refractivity contribution in [2.45, 2.75) is 52.6 Å². The van der Waals surface area contributed by atoms with Gasteiger partial charge in [0, 0.05) is 36.6 Å². The Morgan fingerprint density at radius 1 is 1.19 bits per heavy atom. The summed E-state index contributed by atoms with van der Waals surface area (Å²) in [4.78, 5) is 28.0. The van der Waals surface area contributed by atoms with Crippen molar-refractivity contribution in [2.24, 2.45) is 10.1 Å². The van der Waals surface area contributed by atoms with E-state index in [9.17, 15) is 10.1 Å². The molecule has 36 heavy (non-hydrogen) atoms. The molecule has 7 nitrogen and oxygen atoms in total. The SMILES string of the molecule is C=NOC1=C(CC)C(=C)N(Cc2ccccc2)C(C(CC)N(CCC#N)C(=O)c2ccccc2C)=N1. The minimum atomic E-state index is -0.423. The first-order valence-electron chi connectivity index (χ1n) is 12.2. The third-order valence-corrected chi connectivity index (χ3v) is 6.27. The molecule has 1 heterocycles. The van der Waals surface area contributed by atoms with Crippen molar-refractivity contribution < 1.29 is 9.63 Å². The first-order valence-corrected chi connectivity index (χ1v) is 12.2. The van der Waals surface area contributed by atoms with Gasteiger partial charge in [-0.3, -0.25) is 4.79 Å². The molecule has 1 amide bonds. The van der Waals surface area contributed by atoms with E-state index in [1.807, 2.05) is 80.3 Å². The van der Waals surface area contributed by atoms with Crippen molar-refractivity contribution in [1.82, 2.24) is 9.80 Å². The second kappa shape index (κ2) is 12.5. The van der Waals surface area contributed by atoms with Gasteiger partial charge in [0.25, 0.3) is 11.8 Å². The van der Waals surface area contributed by atoms with Crippen LogP contribution >= 0.6 is 0 Å². The monoisotopic (exact) mass is 483 g/mol. The van der Waals surface area contributed by atoms with E-state index in [0.29, 0.717) is 36.7 Å². The molecule has 1 aliphatic rings. The lowest BCUT2D eigenvalue weighted by Gasteiger charge is -2.40. The number of rotatable bonds is 11. The molecule has 0 bridgehead atoms. The number of oxime groups is 1. The van der Waals surface area contributed by atoms with Gasteiger partial charge in [0.15, 0.2) is 0 Å². The molecular weight excluding hydrogens is 450 g/mol. The number of nitriles is 1. The van der Waals surface area contributed by atoms with Crippen LogP contribution in [-0.2, 0) is 11.4 Å². The van der Waals surface area contributed by atoms with Gasteiger partial charge in [0.1, 0.15) is 5.84 Å². The molecule has 0 radical (unpaired) electrons. The van der Waals surface area contributed by atoms with Crippen molar-refractivity contribution in [1.29, 1.82) is 5.26 Å². The molecule has 2 aromatic rings. The Morgan fingerprint density at radius 3 is 2.50 bits per heavy atom. The number of amidine groups is 1. The molecule has 0 saturated carbocycles. The van der Waals surface area contributed by atoms with E-state index in [2.05, 4.69) is 24.5 Å². The number of aliphatic imine (C=N–C) groups is 1. The number of hydrogen-bond donors (Lipinski definition) is 0. The Morgan fingerprint density at radius 2 is 1.89 bits per heavy atom. The van der Waals surface area contributed by atoms with Crippen LogP contribution in [0.1, 0.15) is 54.6 Å². The van der Waals surface area contributed by atoms with Crippen molar-refractivity contribution in [3.05, 3.63) is 95.0 Å². The molecule has 0 saturated heterocycles. The van der Waals surface area contributed by atoms with E-state index in [1.54, 1.807) is 4.90 Å². The molecule has 1 unspecified atom stereocenters. The summed E-state index contributed by atoms with van der Waals surface area (Å²) >= 11 is 0. The highest BCUT2D eigenvalue weighted by Crippen LogP contribution is 2.32. The highest BCUT2D eigenvalue weighted by atomic mass is 16.6. The smallest absolute Gasteiger partial charge is 0.255 e. The largest absolute Gasteiger partial charge is 0.337 e. The van der Waals surface area contributed by atoms with Gasteiger partial charge in [-0.25, -0.2) is 0 Å². The van der Waals surface area contributed by atoms with Gasteiger partial charge in [-0.15, -0.1) is 0 Å². The average Bonchev–Trinajstić information content (AvgIpc) is 2.89. The van der Waals surface area contributed by atoms with E-state index in [0.717, 1.165) is 22.4 Å². The molecule has 7 heteroatoms. The quantitative estimate of drug-likeness (QED) is 0.298. The highest BCUT2D eigenvalue weighted by molar-refractivity contribution is 6.00. The predicted octanol–water partition coefficient (Wildman–Crippen LogP) is 5.81. The number of nitrogens with zero attached hydrogens (tertiary/aromatic N) is 5. The summed E-state index contributed by atoms with van der Waals surface area (Å²) in [6.07, 6.45) is 1.42. The molecule has 2 aromatic carbocycles. The number of allylic oxidation sites excluding steroid dienone is 1. The van der Waals surface area contributed by atoms with Crippen LogP contribution in [0.2, 0.25) is 0 Å². The Bertz CT molecular complexity index is 1210. The number of amides is 1.